The number of carbonyl (C=O) groups is 1. The van der Waals surface area contributed by atoms with Crippen LogP contribution in [0.1, 0.15) is 16.2 Å². The average Bonchev–Trinajstić information content (AvgIpc) is 2.34. The zero-order valence-corrected chi connectivity index (χ0v) is 10.2. The predicted octanol–water partition coefficient (Wildman–Crippen LogP) is 2.83. The lowest BCUT2D eigenvalue weighted by Crippen LogP contribution is -2.14. The summed E-state index contributed by atoms with van der Waals surface area (Å²) in [6.07, 6.45) is 1.31. The summed E-state index contributed by atoms with van der Waals surface area (Å²) < 4.78 is 12.9. The van der Waals surface area contributed by atoms with Gasteiger partial charge in [0.2, 0.25) is 0 Å². The third kappa shape index (κ3) is 2.81. The van der Waals surface area contributed by atoms with Crippen LogP contribution in [0.2, 0.25) is 5.02 Å². The summed E-state index contributed by atoms with van der Waals surface area (Å²) in [5.41, 5.74) is 1.33. The Kier molecular flexibility index (Phi) is 3.53. The van der Waals surface area contributed by atoms with Gasteiger partial charge in [0.1, 0.15) is 17.8 Å². The summed E-state index contributed by atoms with van der Waals surface area (Å²) in [5.74, 6) is -0.935. The summed E-state index contributed by atoms with van der Waals surface area (Å²) in [6.45, 7) is 1.76. The van der Waals surface area contributed by atoms with Crippen LogP contribution >= 0.6 is 11.6 Å². The number of hydrogen-bond acceptors (Lipinski definition) is 3. The second-order valence-electron chi connectivity index (χ2n) is 3.63. The number of amides is 1. The van der Waals surface area contributed by atoms with Crippen LogP contribution in [0.3, 0.4) is 0 Å². The Morgan fingerprint density at radius 1 is 1.33 bits per heavy atom. The highest BCUT2D eigenvalue weighted by Crippen LogP contribution is 2.19. The minimum Gasteiger partial charge on any atom is -0.321 e. The number of aryl methyl sites for hydroxylation is 1. The van der Waals surface area contributed by atoms with E-state index in [1.54, 1.807) is 13.0 Å². The van der Waals surface area contributed by atoms with Gasteiger partial charge < -0.3 is 5.32 Å². The molecular formula is C12H9ClFN3O. The standard InChI is InChI=1S/C12H9ClFN3O/c1-7-4-11(16-6-15-7)12(18)17-8-2-3-10(14)9(13)5-8/h2-6H,1H3,(H,17,18). The van der Waals surface area contributed by atoms with Gasteiger partial charge in [0.25, 0.3) is 5.91 Å². The summed E-state index contributed by atoms with van der Waals surface area (Å²) in [4.78, 5) is 19.6. The third-order valence-electron chi connectivity index (χ3n) is 2.21. The normalized spacial score (nSPS) is 10.2. The van der Waals surface area contributed by atoms with Crippen LogP contribution in [0.5, 0.6) is 0 Å². The van der Waals surface area contributed by atoms with E-state index in [2.05, 4.69) is 15.3 Å². The summed E-state index contributed by atoms with van der Waals surface area (Å²) in [7, 11) is 0. The Morgan fingerprint density at radius 2 is 2.11 bits per heavy atom. The molecule has 0 spiro atoms. The Labute approximate surface area is 108 Å². The number of anilines is 1. The van der Waals surface area contributed by atoms with Gasteiger partial charge in [-0.3, -0.25) is 4.79 Å². The van der Waals surface area contributed by atoms with Crippen LogP contribution < -0.4 is 5.32 Å². The largest absolute Gasteiger partial charge is 0.321 e. The van der Waals surface area contributed by atoms with Crippen LogP contribution in [0.25, 0.3) is 0 Å². The van der Waals surface area contributed by atoms with Crippen molar-refractivity contribution < 1.29 is 9.18 Å². The summed E-state index contributed by atoms with van der Waals surface area (Å²) >= 11 is 5.62. The smallest absolute Gasteiger partial charge is 0.274 e. The van der Waals surface area contributed by atoms with Gasteiger partial charge in [0, 0.05) is 11.4 Å². The van der Waals surface area contributed by atoms with Crippen molar-refractivity contribution in [1.82, 2.24) is 9.97 Å². The van der Waals surface area contributed by atoms with E-state index in [9.17, 15) is 9.18 Å². The van der Waals surface area contributed by atoms with Gasteiger partial charge in [-0.1, -0.05) is 11.6 Å². The molecule has 0 unspecified atom stereocenters. The van der Waals surface area contributed by atoms with Crippen molar-refractivity contribution in [3.05, 3.63) is 52.8 Å². The first-order valence-electron chi connectivity index (χ1n) is 5.11. The molecule has 18 heavy (non-hydrogen) atoms. The van der Waals surface area contributed by atoms with Crippen molar-refractivity contribution in [2.75, 3.05) is 5.32 Å². The van der Waals surface area contributed by atoms with E-state index in [1.807, 2.05) is 0 Å². The number of aromatic nitrogens is 2. The molecule has 1 N–H and O–H groups in total. The molecule has 1 aromatic heterocycles. The first kappa shape index (κ1) is 12.4. The van der Waals surface area contributed by atoms with Gasteiger partial charge in [-0.25, -0.2) is 14.4 Å². The number of halogens is 2. The van der Waals surface area contributed by atoms with Crippen LogP contribution in [-0.4, -0.2) is 15.9 Å². The lowest BCUT2D eigenvalue weighted by molar-refractivity contribution is 0.102. The van der Waals surface area contributed by atoms with Crippen LogP contribution in [0.4, 0.5) is 10.1 Å². The number of carbonyl (C=O) groups excluding carboxylic acids is 1. The molecule has 4 nitrogen and oxygen atoms in total. The minimum atomic E-state index is -0.535. The maximum absolute atomic E-state index is 12.9. The highest BCUT2D eigenvalue weighted by Gasteiger charge is 2.09. The van der Waals surface area contributed by atoms with Gasteiger partial charge in [0.15, 0.2) is 0 Å². The molecule has 92 valence electrons. The molecule has 2 aromatic rings. The van der Waals surface area contributed by atoms with E-state index >= 15 is 0 Å². The van der Waals surface area contributed by atoms with E-state index in [-0.39, 0.29) is 10.7 Å². The molecule has 1 aromatic carbocycles. The van der Waals surface area contributed by atoms with Crippen LogP contribution in [0.15, 0.2) is 30.6 Å². The van der Waals surface area contributed by atoms with E-state index in [4.69, 9.17) is 11.6 Å². The van der Waals surface area contributed by atoms with Crippen LogP contribution in [0, 0.1) is 12.7 Å². The minimum absolute atomic E-state index is 0.0494. The van der Waals surface area contributed by atoms with Crippen molar-refractivity contribution in [3.63, 3.8) is 0 Å². The SMILES string of the molecule is Cc1cc(C(=O)Nc2ccc(F)c(Cl)c2)ncn1. The molecule has 0 aliphatic rings. The van der Waals surface area contributed by atoms with Gasteiger partial charge in [-0.05, 0) is 31.2 Å². The molecule has 0 saturated heterocycles. The third-order valence-corrected chi connectivity index (χ3v) is 2.50. The van der Waals surface area contributed by atoms with Crippen molar-refractivity contribution in [2.24, 2.45) is 0 Å². The maximum atomic E-state index is 12.9. The fraction of sp³-hybridized carbons (Fsp3) is 0.0833. The molecule has 0 atom stereocenters. The summed E-state index contributed by atoms with van der Waals surface area (Å²) in [5, 5.41) is 2.52. The number of benzene rings is 1. The molecule has 0 radical (unpaired) electrons. The highest BCUT2D eigenvalue weighted by molar-refractivity contribution is 6.31. The van der Waals surface area contributed by atoms with Crippen molar-refractivity contribution in [3.8, 4) is 0 Å². The predicted molar refractivity (Wildman–Crippen MR) is 66.1 cm³/mol. The molecule has 0 saturated carbocycles. The van der Waals surface area contributed by atoms with Crippen molar-refractivity contribution in [1.29, 1.82) is 0 Å². The quantitative estimate of drug-likeness (QED) is 0.908. The van der Waals surface area contributed by atoms with E-state index < -0.39 is 11.7 Å². The second-order valence-corrected chi connectivity index (χ2v) is 4.03. The first-order valence-corrected chi connectivity index (χ1v) is 5.49. The number of hydrogen-bond donors (Lipinski definition) is 1. The Hall–Kier alpha value is -2.01. The van der Waals surface area contributed by atoms with Gasteiger partial charge in [0.05, 0.1) is 5.02 Å². The van der Waals surface area contributed by atoms with E-state index in [0.717, 1.165) is 0 Å². The lowest BCUT2D eigenvalue weighted by Gasteiger charge is -2.05. The Morgan fingerprint density at radius 3 is 2.78 bits per heavy atom. The highest BCUT2D eigenvalue weighted by atomic mass is 35.5. The zero-order valence-electron chi connectivity index (χ0n) is 9.45. The molecule has 0 fully saturated rings. The van der Waals surface area contributed by atoms with Crippen molar-refractivity contribution >= 4 is 23.2 Å². The number of rotatable bonds is 2. The molecule has 0 bridgehead atoms. The van der Waals surface area contributed by atoms with Crippen molar-refractivity contribution in [2.45, 2.75) is 6.92 Å². The molecule has 2 rings (SSSR count). The van der Waals surface area contributed by atoms with Crippen LogP contribution in [-0.2, 0) is 0 Å². The maximum Gasteiger partial charge on any atom is 0.274 e. The molecule has 1 heterocycles. The molecule has 0 aliphatic carbocycles. The van der Waals surface area contributed by atoms with Gasteiger partial charge >= 0.3 is 0 Å². The first-order chi connectivity index (χ1) is 8.56. The summed E-state index contributed by atoms with van der Waals surface area (Å²) in [6, 6.07) is 5.50. The molecule has 0 aliphatic heterocycles. The Bertz CT molecular complexity index is 604. The molecule has 1 amide bonds. The zero-order chi connectivity index (χ0) is 13.1. The lowest BCUT2D eigenvalue weighted by atomic mass is 10.3. The molecule has 6 heteroatoms. The Balaban J connectivity index is 2.18. The monoisotopic (exact) mass is 265 g/mol. The second kappa shape index (κ2) is 5.10. The average molecular weight is 266 g/mol. The molecular weight excluding hydrogens is 257 g/mol. The fourth-order valence-corrected chi connectivity index (χ4v) is 1.53. The fourth-order valence-electron chi connectivity index (χ4n) is 1.35. The number of nitrogens with zero attached hydrogens (tertiary/aromatic N) is 2. The van der Waals surface area contributed by atoms with Gasteiger partial charge in [-0.15, -0.1) is 0 Å². The van der Waals surface area contributed by atoms with E-state index in [1.165, 1.54) is 24.5 Å². The van der Waals surface area contributed by atoms with Gasteiger partial charge in [-0.2, -0.15) is 0 Å². The topological polar surface area (TPSA) is 54.9 Å². The number of nitrogens with one attached hydrogen (secondary N) is 1. The van der Waals surface area contributed by atoms with E-state index in [0.29, 0.717) is 11.4 Å².